The van der Waals surface area contributed by atoms with Crippen molar-refractivity contribution < 1.29 is 44.0 Å². The zero-order valence-electron chi connectivity index (χ0n) is 19.8. The van der Waals surface area contributed by atoms with Crippen LogP contribution >= 0.6 is 0 Å². The van der Waals surface area contributed by atoms with E-state index in [1.165, 1.54) is 21.5 Å². The Hall–Kier alpha value is -1.61. The number of benzene rings is 4. The molecule has 168 valence electrons. The van der Waals surface area contributed by atoms with Gasteiger partial charge in [-0.15, -0.1) is 0 Å². The maximum atomic E-state index is 2.64. The standard InChI is InChI=1S/C30H26Si.2ClH.Ti/c1-19-17-23-15-13-21-9-5-7-11-25(21)27(23)29(19)31(3,4)30-20(2)18-24-16-14-22-10-6-8-12-26(22)28(24)30;;;/h5-18H,1-4H3;2*1H;/q;;;+2/p-2. The Bertz CT molecular complexity index is 1450. The molecule has 0 saturated heterocycles. The van der Waals surface area contributed by atoms with Gasteiger partial charge in [0.1, 0.15) is 0 Å². The van der Waals surface area contributed by atoms with E-state index in [-0.39, 0.29) is 44.0 Å². The normalized spacial score (nSPS) is 21.1. The van der Waals surface area contributed by atoms with Crippen LogP contribution < -0.4 is 24.8 Å². The molecule has 0 fully saturated rings. The Morgan fingerprint density at radius 1 is 0.588 bits per heavy atom. The number of rotatable bonds is 0. The number of halogens is 2. The summed E-state index contributed by atoms with van der Waals surface area (Å²) in [7, 11) is -1.93. The van der Waals surface area contributed by atoms with E-state index in [1.54, 1.807) is 43.8 Å². The Morgan fingerprint density at radius 2 is 1.00 bits per heavy atom. The second-order valence-corrected chi connectivity index (χ2v) is 16.8. The van der Waals surface area contributed by atoms with Crippen molar-refractivity contribution in [2.24, 2.45) is 0 Å². The third-order valence-corrected chi connectivity index (χ3v) is 15.4. The summed E-state index contributed by atoms with van der Waals surface area (Å²) in [6.45, 7) is 10.2. The predicted octanol–water partition coefficient (Wildman–Crippen LogP) is 2.24. The van der Waals surface area contributed by atoms with Crippen LogP contribution in [-0.2, 0) is 19.2 Å². The smallest absolute Gasteiger partial charge is 1.00 e. The summed E-state index contributed by atoms with van der Waals surface area (Å²) in [6.07, 6.45) is 0. The van der Waals surface area contributed by atoms with Crippen LogP contribution in [0.25, 0.3) is 31.9 Å². The van der Waals surface area contributed by atoms with Crippen LogP contribution in [0.5, 0.6) is 0 Å². The van der Waals surface area contributed by atoms with Crippen LogP contribution in [-0.4, -0.2) is 8.07 Å². The molecular weight excluding hydrogens is 507 g/mol. The van der Waals surface area contributed by atoms with E-state index < -0.39 is 8.07 Å². The molecule has 0 aromatic heterocycles. The van der Waals surface area contributed by atoms with E-state index in [9.17, 15) is 0 Å². The Kier molecular flexibility index (Phi) is 5.83. The van der Waals surface area contributed by atoms with Crippen molar-refractivity contribution in [2.45, 2.75) is 35.4 Å². The minimum absolute atomic E-state index is 0. The van der Waals surface area contributed by atoms with E-state index in [1.807, 2.05) is 0 Å². The molecule has 1 heterocycles. The minimum Gasteiger partial charge on any atom is -1.00 e. The van der Waals surface area contributed by atoms with Gasteiger partial charge in [-0.1, -0.05) is 0 Å². The summed E-state index contributed by atoms with van der Waals surface area (Å²) >= 11 is -0.262. The van der Waals surface area contributed by atoms with Gasteiger partial charge in [0.25, 0.3) is 0 Å². The third kappa shape index (κ3) is 2.95. The average molecular weight is 533 g/mol. The molecule has 3 aliphatic rings. The number of hydrogen-bond donors (Lipinski definition) is 0. The summed E-state index contributed by atoms with van der Waals surface area (Å²) in [4.78, 5) is 0. The van der Waals surface area contributed by atoms with Crippen molar-refractivity contribution in [3.8, 4) is 0 Å². The van der Waals surface area contributed by atoms with E-state index in [2.05, 4.69) is 99.7 Å². The number of fused-ring (bicyclic) bond motifs is 12. The second kappa shape index (κ2) is 8.22. The van der Waals surface area contributed by atoms with E-state index in [0.29, 0.717) is 8.45 Å². The summed E-state index contributed by atoms with van der Waals surface area (Å²) in [6, 6.07) is 27.9. The molecular formula is C30H26Cl2SiTi. The monoisotopic (exact) mass is 532 g/mol. The van der Waals surface area contributed by atoms with Gasteiger partial charge in [-0.3, -0.25) is 0 Å². The Morgan fingerprint density at radius 3 is 1.44 bits per heavy atom. The molecule has 0 saturated carbocycles. The van der Waals surface area contributed by atoms with Crippen LogP contribution in [0.2, 0.25) is 13.1 Å². The van der Waals surface area contributed by atoms with Crippen molar-refractivity contribution in [1.82, 2.24) is 0 Å². The first-order valence-corrected chi connectivity index (χ1v) is 16.5. The summed E-state index contributed by atoms with van der Waals surface area (Å²) < 4.78 is 1.32. The van der Waals surface area contributed by atoms with Gasteiger partial charge in [0.05, 0.1) is 0 Å². The van der Waals surface area contributed by atoms with Gasteiger partial charge < -0.3 is 24.8 Å². The molecule has 4 heteroatoms. The van der Waals surface area contributed by atoms with Gasteiger partial charge in [0.2, 0.25) is 0 Å². The van der Waals surface area contributed by atoms with Crippen molar-refractivity contribution >= 4 is 40.0 Å². The van der Waals surface area contributed by atoms with Crippen LogP contribution in [0.15, 0.2) is 83.9 Å². The topological polar surface area (TPSA) is 0 Å². The largest absolute Gasteiger partial charge is 1.00 e. The fraction of sp³-hybridized carbons (Fsp3) is 0.200. The van der Waals surface area contributed by atoms with Gasteiger partial charge in [-0.25, -0.2) is 0 Å². The van der Waals surface area contributed by atoms with E-state index in [0.717, 1.165) is 0 Å². The maximum absolute atomic E-state index is 2.64. The Labute approximate surface area is 224 Å². The fourth-order valence-corrected chi connectivity index (χ4v) is 14.9. The van der Waals surface area contributed by atoms with Crippen molar-refractivity contribution in [3.05, 3.63) is 106 Å². The maximum Gasteiger partial charge on any atom is -1.00 e. The van der Waals surface area contributed by atoms with Crippen LogP contribution in [0.1, 0.15) is 44.5 Å². The third-order valence-electron chi connectivity index (χ3n) is 8.28. The van der Waals surface area contributed by atoms with Gasteiger partial charge in [0, 0.05) is 0 Å². The molecule has 0 N–H and O–H groups in total. The molecule has 4 aromatic carbocycles. The molecule has 0 nitrogen and oxygen atoms in total. The SMILES string of the molecule is CC1=C2c3c(ccc4ccccc34)[CH]1[Ti+2][CH]1C(C)=C(c3c1ccc1ccccc31)[Si]2(C)C.[Cl-].[Cl-]. The fourth-order valence-electron chi connectivity index (χ4n) is 7.10. The molecule has 0 radical (unpaired) electrons. The molecule has 4 aromatic rings. The first-order chi connectivity index (χ1) is 15.5. The first-order valence-electron chi connectivity index (χ1n) is 11.7. The second-order valence-electron chi connectivity index (χ2n) is 10.3. The first kappa shape index (κ1) is 24.1. The van der Waals surface area contributed by atoms with Gasteiger partial charge in [0.15, 0.2) is 0 Å². The molecule has 1 aliphatic heterocycles. The molecule has 34 heavy (non-hydrogen) atoms. The molecule has 2 atom stereocenters. The molecule has 2 unspecified atom stereocenters. The zero-order chi connectivity index (χ0) is 21.8. The van der Waals surface area contributed by atoms with Gasteiger partial charge in [-0.05, 0) is 0 Å². The molecule has 0 spiro atoms. The van der Waals surface area contributed by atoms with Crippen LogP contribution in [0, 0.1) is 0 Å². The van der Waals surface area contributed by atoms with E-state index in [4.69, 9.17) is 0 Å². The molecule has 0 amide bonds. The summed E-state index contributed by atoms with van der Waals surface area (Å²) in [5.41, 5.74) is 9.92. The number of hydrogen-bond acceptors (Lipinski definition) is 0. The van der Waals surface area contributed by atoms with Crippen LogP contribution in [0.4, 0.5) is 0 Å². The molecule has 2 aliphatic carbocycles. The number of allylic oxidation sites excluding steroid dienone is 2. The average Bonchev–Trinajstić information content (AvgIpc) is 3.27. The Balaban J connectivity index is 0.00000120. The zero-order valence-corrected chi connectivity index (χ0v) is 23.9. The van der Waals surface area contributed by atoms with Crippen molar-refractivity contribution in [3.63, 3.8) is 0 Å². The predicted molar refractivity (Wildman–Crippen MR) is 136 cm³/mol. The van der Waals surface area contributed by atoms with Crippen molar-refractivity contribution in [1.29, 1.82) is 0 Å². The van der Waals surface area contributed by atoms with Crippen molar-refractivity contribution in [2.75, 3.05) is 0 Å². The summed E-state index contributed by atoms with van der Waals surface area (Å²) in [5.74, 6) is 0. The summed E-state index contributed by atoms with van der Waals surface area (Å²) in [5, 5.41) is 9.22. The quantitative estimate of drug-likeness (QED) is 0.305. The molecule has 7 rings (SSSR count). The van der Waals surface area contributed by atoms with E-state index >= 15 is 0 Å². The molecule has 4 bridgehead atoms. The van der Waals surface area contributed by atoms with Crippen LogP contribution in [0.3, 0.4) is 0 Å². The van der Waals surface area contributed by atoms with Gasteiger partial charge >= 0.3 is 201 Å². The van der Waals surface area contributed by atoms with Gasteiger partial charge in [-0.2, -0.15) is 0 Å². The minimum atomic E-state index is -1.93.